The van der Waals surface area contributed by atoms with Crippen molar-refractivity contribution in [3.05, 3.63) is 14.7 Å². The second kappa shape index (κ2) is 5.23. The molecule has 1 aliphatic rings. The molecule has 0 unspecified atom stereocenters. The summed E-state index contributed by atoms with van der Waals surface area (Å²) in [6, 6.07) is 1.69. The summed E-state index contributed by atoms with van der Waals surface area (Å²) in [6.45, 7) is 3.85. The van der Waals surface area contributed by atoms with E-state index < -0.39 is 10.0 Å². The first-order chi connectivity index (χ1) is 8.32. The Kier molecular flexibility index (Phi) is 4.21. The highest BCUT2D eigenvalue weighted by molar-refractivity contribution is 9.11. The fraction of sp³-hybridized carbons (Fsp3) is 0.667. The van der Waals surface area contributed by atoms with E-state index >= 15 is 0 Å². The number of thiophene rings is 1. The van der Waals surface area contributed by atoms with Crippen LogP contribution in [0.2, 0.25) is 0 Å². The zero-order chi connectivity index (χ0) is 13.4. The molecule has 2 rings (SSSR count). The van der Waals surface area contributed by atoms with Gasteiger partial charge in [-0.1, -0.05) is 19.3 Å². The molecular formula is C12H18BrNO2S2. The average molecular weight is 352 g/mol. The smallest absolute Gasteiger partial charge is 0.207 e. The van der Waals surface area contributed by atoms with E-state index in [9.17, 15) is 8.42 Å². The molecule has 0 radical (unpaired) electrons. The Balaban J connectivity index is 2.24. The maximum absolute atomic E-state index is 12.4. The minimum Gasteiger partial charge on any atom is -0.207 e. The molecule has 0 saturated heterocycles. The van der Waals surface area contributed by atoms with E-state index in [1.807, 2.05) is 13.8 Å². The summed E-state index contributed by atoms with van der Waals surface area (Å²) in [5.74, 6) is 0. The van der Waals surface area contributed by atoms with Gasteiger partial charge >= 0.3 is 0 Å². The monoisotopic (exact) mass is 351 g/mol. The topological polar surface area (TPSA) is 46.2 Å². The van der Waals surface area contributed by atoms with Crippen LogP contribution in [0.5, 0.6) is 0 Å². The summed E-state index contributed by atoms with van der Waals surface area (Å²) in [5, 5.41) is 0. The maximum atomic E-state index is 12.4. The summed E-state index contributed by atoms with van der Waals surface area (Å²) in [5.41, 5.74) is -0.280. The quantitative estimate of drug-likeness (QED) is 0.899. The third kappa shape index (κ3) is 3.15. The molecule has 1 aliphatic carbocycles. The molecule has 0 aliphatic heterocycles. The van der Waals surface area contributed by atoms with Crippen molar-refractivity contribution in [2.45, 2.75) is 56.4 Å². The Hall–Kier alpha value is 0.0900. The summed E-state index contributed by atoms with van der Waals surface area (Å²) >= 11 is 4.79. The van der Waals surface area contributed by atoms with Gasteiger partial charge in [0.1, 0.15) is 0 Å². The maximum Gasteiger partial charge on any atom is 0.242 e. The SMILES string of the molecule is Cc1sc(Br)cc1S(=O)(=O)NC1(C)CCCCC1. The molecule has 1 saturated carbocycles. The van der Waals surface area contributed by atoms with Crippen molar-refractivity contribution in [2.24, 2.45) is 0 Å². The summed E-state index contributed by atoms with van der Waals surface area (Å²) in [7, 11) is -3.40. The van der Waals surface area contributed by atoms with Crippen LogP contribution < -0.4 is 4.72 Å². The lowest BCUT2D eigenvalue weighted by molar-refractivity contribution is 0.294. The fourth-order valence-corrected chi connectivity index (χ4v) is 6.39. The molecule has 18 heavy (non-hydrogen) atoms. The summed E-state index contributed by atoms with van der Waals surface area (Å²) in [6.07, 6.45) is 5.27. The second-order valence-corrected chi connectivity index (χ2v) is 9.48. The molecule has 1 fully saturated rings. The van der Waals surface area contributed by atoms with Crippen LogP contribution in [0.15, 0.2) is 14.7 Å². The van der Waals surface area contributed by atoms with Gasteiger partial charge in [-0.05, 0) is 48.7 Å². The Morgan fingerprint density at radius 3 is 2.44 bits per heavy atom. The van der Waals surface area contributed by atoms with Crippen LogP contribution in [0.25, 0.3) is 0 Å². The highest BCUT2D eigenvalue weighted by Crippen LogP contribution is 2.33. The van der Waals surface area contributed by atoms with Crippen LogP contribution in [0, 0.1) is 6.92 Å². The first-order valence-corrected chi connectivity index (χ1v) is 9.22. The van der Waals surface area contributed by atoms with Gasteiger partial charge in [-0.2, -0.15) is 0 Å². The molecule has 0 amide bonds. The minimum absolute atomic E-state index is 0.280. The first kappa shape index (κ1) is 14.5. The second-order valence-electron chi connectivity index (χ2n) is 5.20. The van der Waals surface area contributed by atoms with E-state index in [0.717, 1.165) is 34.3 Å². The molecule has 0 atom stereocenters. The Morgan fingerprint density at radius 1 is 1.33 bits per heavy atom. The van der Waals surface area contributed by atoms with Crippen LogP contribution in [0.4, 0.5) is 0 Å². The van der Waals surface area contributed by atoms with Crippen LogP contribution in [0.1, 0.15) is 43.9 Å². The third-order valence-electron chi connectivity index (χ3n) is 3.47. The number of nitrogens with one attached hydrogen (secondary N) is 1. The van der Waals surface area contributed by atoms with E-state index in [4.69, 9.17) is 0 Å². The molecule has 1 aromatic heterocycles. The standard InChI is InChI=1S/C12H18BrNO2S2/c1-9-10(8-11(13)17-9)18(15,16)14-12(2)6-4-3-5-7-12/h8,14H,3-7H2,1-2H3. The fourth-order valence-electron chi connectivity index (χ4n) is 2.51. The number of rotatable bonds is 3. The van der Waals surface area contributed by atoms with Gasteiger partial charge in [0, 0.05) is 10.4 Å². The van der Waals surface area contributed by atoms with E-state index in [0.29, 0.717) is 4.90 Å². The van der Waals surface area contributed by atoms with Crippen LogP contribution in [0.3, 0.4) is 0 Å². The third-order valence-corrected chi connectivity index (χ3v) is 6.92. The normalized spacial score (nSPS) is 19.9. The molecule has 0 spiro atoms. The van der Waals surface area contributed by atoms with Gasteiger partial charge in [-0.3, -0.25) is 0 Å². The van der Waals surface area contributed by atoms with Crippen molar-refractivity contribution in [2.75, 3.05) is 0 Å². The lowest BCUT2D eigenvalue weighted by Gasteiger charge is -2.34. The van der Waals surface area contributed by atoms with Gasteiger partial charge in [0.05, 0.1) is 8.68 Å². The van der Waals surface area contributed by atoms with Gasteiger partial charge in [0.25, 0.3) is 0 Å². The van der Waals surface area contributed by atoms with Crippen LogP contribution >= 0.6 is 27.3 Å². The van der Waals surface area contributed by atoms with Gasteiger partial charge < -0.3 is 0 Å². The lowest BCUT2D eigenvalue weighted by Crippen LogP contribution is -2.47. The number of hydrogen-bond acceptors (Lipinski definition) is 3. The predicted octanol–water partition coefficient (Wildman–Crippen LogP) is 3.82. The molecule has 1 heterocycles. The predicted molar refractivity (Wildman–Crippen MR) is 78.6 cm³/mol. The zero-order valence-electron chi connectivity index (χ0n) is 10.6. The van der Waals surface area contributed by atoms with Gasteiger partial charge in [0.15, 0.2) is 0 Å². The van der Waals surface area contributed by atoms with Crippen molar-refractivity contribution >= 4 is 37.3 Å². The number of aryl methyl sites for hydroxylation is 1. The van der Waals surface area contributed by atoms with E-state index in [1.165, 1.54) is 17.8 Å². The minimum atomic E-state index is -3.40. The molecule has 6 heteroatoms. The van der Waals surface area contributed by atoms with Crippen molar-refractivity contribution in [1.82, 2.24) is 4.72 Å². The largest absolute Gasteiger partial charge is 0.242 e. The van der Waals surface area contributed by atoms with E-state index in [-0.39, 0.29) is 5.54 Å². The summed E-state index contributed by atoms with van der Waals surface area (Å²) in [4.78, 5) is 1.24. The Bertz CT molecular complexity index is 530. The molecule has 1 aromatic rings. The molecule has 1 N–H and O–H groups in total. The van der Waals surface area contributed by atoms with Crippen molar-refractivity contribution in [3.8, 4) is 0 Å². The van der Waals surface area contributed by atoms with Gasteiger partial charge in [0.2, 0.25) is 10.0 Å². The number of hydrogen-bond donors (Lipinski definition) is 1. The average Bonchev–Trinajstić information content (AvgIpc) is 2.58. The van der Waals surface area contributed by atoms with Crippen LogP contribution in [-0.4, -0.2) is 14.0 Å². The lowest BCUT2D eigenvalue weighted by atomic mass is 9.84. The van der Waals surface area contributed by atoms with Crippen molar-refractivity contribution < 1.29 is 8.42 Å². The number of sulfonamides is 1. The van der Waals surface area contributed by atoms with Gasteiger partial charge in [-0.25, -0.2) is 13.1 Å². The molecule has 0 aromatic carbocycles. The summed E-state index contributed by atoms with van der Waals surface area (Å²) < 4.78 is 28.6. The highest BCUT2D eigenvalue weighted by atomic mass is 79.9. The zero-order valence-corrected chi connectivity index (χ0v) is 13.8. The van der Waals surface area contributed by atoms with Crippen molar-refractivity contribution in [1.29, 1.82) is 0 Å². The van der Waals surface area contributed by atoms with E-state index in [2.05, 4.69) is 20.7 Å². The molecule has 102 valence electrons. The molecule has 3 nitrogen and oxygen atoms in total. The van der Waals surface area contributed by atoms with E-state index in [1.54, 1.807) is 6.07 Å². The van der Waals surface area contributed by atoms with Gasteiger partial charge in [-0.15, -0.1) is 11.3 Å². The highest BCUT2D eigenvalue weighted by Gasteiger charge is 2.33. The number of halogens is 1. The molecular weight excluding hydrogens is 334 g/mol. The Labute approximate surface area is 121 Å². The first-order valence-electron chi connectivity index (χ1n) is 6.12. The Morgan fingerprint density at radius 2 is 1.94 bits per heavy atom. The molecule has 0 bridgehead atoms. The van der Waals surface area contributed by atoms with Crippen LogP contribution in [-0.2, 0) is 10.0 Å². The van der Waals surface area contributed by atoms with Crippen molar-refractivity contribution in [3.63, 3.8) is 0 Å².